The van der Waals surface area contributed by atoms with E-state index in [1.165, 1.54) is 18.3 Å². The normalized spacial score (nSPS) is 10.0. The van der Waals surface area contributed by atoms with Gasteiger partial charge in [-0.2, -0.15) is 0 Å². The smallest absolute Gasteiger partial charge is 0.270 e. The molecule has 22 heavy (non-hydrogen) atoms. The Morgan fingerprint density at radius 1 is 1.32 bits per heavy atom. The monoisotopic (exact) mass is 300 g/mol. The second kappa shape index (κ2) is 7.87. The van der Waals surface area contributed by atoms with E-state index in [-0.39, 0.29) is 17.4 Å². The molecule has 1 aromatic heterocycles. The molecular formula is C16H17FN4O. The van der Waals surface area contributed by atoms with Crippen LogP contribution in [0.2, 0.25) is 0 Å². The lowest BCUT2D eigenvalue weighted by Gasteiger charge is -2.07. The van der Waals surface area contributed by atoms with E-state index in [0.29, 0.717) is 31.0 Å². The fourth-order valence-corrected chi connectivity index (χ4v) is 1.84. The third-order valence-electron chi connectivity index (χ3n) is 2.93. The van der Waals surface area contributed by atoms with Crippen molar-refractivity contribution in [2.45, 2.75) is 6.42 Å². The fourth-order valence-electron chi connectivity index (χ4n) is 1.84. The zero-order chi connectivity index (χ0) is 15.8. The van der Waals surface area contributed by atoms with Gasteiger partial charge in [0.1, 0.15) is 11.5 Å². The summed E-state index contributed by atoms with van der Waals surface area (Å²) >= 11 is 0. The molecule has 0 atom stereocenters. The Morgan fingerprint density at radius 3 is 2.91 bits per heavy atom. The molecule has 2 rings (SSSR count). The van der Waals surface area contributed by atoms with Crippen LogP contribution in [0.25, 0.3) is 0 Å². The lowest BCUT2D eigenvalue weighted by atomic mass is 10.1. The summed E-state index contributed by atoms with van der Waals surface area (Å²) in [5.41, 5.74) is 0.828. The Bertz CT molecular complexity index is 660. The van der Waals surface area contributed by atoms with Crippen molar-refractivity contribution in [2.75, 3.05) is 18.4 Å². The number of rotatable bonds is 7. The third-order valence-corrected chi connectivity index (χ3v) is 2.93. The highest BCUT2D eigenvalue weighted by Crippen LogP contribution is 2.06. The number of nitrogens with zero attached hydrogens (tertiary/aromatic N) is 2. The average Bonchev–Trinajstić information content (AvgIpc) is 2.55. The van der Waals surface area contributed by atoms with E-state index in [2.05, 4.69) is 27.2 Å². The van der Waals surface area contributed by atoms with Crippen LogP contribution in [0.3, 0.4) is 0 Å². The molecule has 2 N–H and O–H groups in total. The molecule has 0 saturated carbocycles. The van der Waals surface area contributed by atoms with Crippen molar-refractivity contribution < 1.29 is 9.18 Å². The zero-order valence-electron chi connectivity index (χ0n) is 12.1. The summed E-state index contributed by atoms with van der Waals surface area (Å²) in [5, 5.41) is 5.62. The summed E-state index contributed by atoms with van der Waals surface area (Å²) in [4.78, 5) is 20.1. The molecule has 0 spiro atoms. The number of halogens is 1. The molecule has 1 aromatic carbocycles. The number of benzene rings is 1. The van der Waals surface area contributed by atoms with Crippen molar-refractivity contribution in [3.05, 3.63) is 66.3 Å². The van der Waals surface area contributed by atoms with Crippen LogP contribution in [0, 0.1) is 5.82 Å². The number of carbonyl (C=O) groups excluding carboxylic acids is 1. The Labute approximate surface area is 128 Å². The fraction of sp³-hybridized carbons (Fsp3) is 0.188. The van der Waals surface area contributed by atoms with Crippen molar-refractivity contribution in [2.24, 2.45) is 0 Å². The molecule has 2 aromatic rings. The number of aromatic nitrogens is 2. The predicted molar refractivity (Wildman–Crippen MR) is 83.2 cm³/mol. The van der Waals surface area contributed by atoms with Crippen molar-refractivity contribution >= 4 is 11.9 Å². The molecule has 1 amide bonds. The van der Waals surface area contributed by atoms with Crippen LogP contribution in [0.4, 0.5) is 10.3 Å². The first-order valence-electron chi connectivity index (χ1n) is 6.90. The SMILES string of the molecule is C=CCNc1nccc(C(=O)NCCc2ccccc2F)n1. The van der Waals surface area contributed by atoms with Gasteiger partial charge < -0.3 is 10.6 Å². The summed E-state index contributed by atoms with van der Waals surface area (Å²) in [6.07, 6.45) is 3.60. The molecule has 0 fully saturated rings. The quantitative estimate of drug-likeness (QED) is 0.769. The minimum absolute atomic E-state index is 0.259. The van der Waals surface area contributed by atoms with Crippen molar-refractivity contribution in [3.8, 4) is 0 Å². The molecule has 5 nitrogen and oxygen atoms in total. The van der Waals surface area contributed by atoms with Crippen molar-refractivity contribution in [3.63, 3.8) is 0 Å². The van der Waals surface area contributed by atoms with Crippen LogP contribution >= 0.6 is 0 Å². The maximum atomic E-state index is 13.5. The molecular weight excluding hydrogens is 283 g/mol. The average molecular weight is 300 g/mol. The number of anilines is 1. The Hall–Kier alpha value is -2.76. The first-order valence-corrected chi connectivity index (χ1v) is 6.90. The van der Waals surface area contributed by atoms with Crippen LogP contribution in [-0.2, 0) is 6.42 Å². The van der Waals surface area contributed by atoms with E-state index in [4.69, 9.17) is 0 Å². The summed E-state index contributed by atoms with van der Waals surface area (Å²) in [7, 11) is 0. The lowest BCUT2D eigenvalue weighted by Crippen LogP contribution is -2.27. The molecule has 114 valence electrons. The number of nitrogens with one attached hydrogen (secondary N) is 2. The molecule has 0 unspecified atom stereocenters. The molecule has 0 radical (unpaired) electrons. The van der Waals surface area contributed by atoms with Gasteiger partial charge in [0.25, 0.3) is 5.91 Å². The van der Waals surface area contributed by atoms with Gasteiger partial charge in [0.05, 0.1) is 0 Å². The molecule has 1 heterocycles. The van der Waals surface area contributed by atoms with Gasteiger partial charge in [-0.05, 0) is 24.1 Å². The molecule has 0 bridgehead atoms. The first kappa shape index (κ1) is 15.6. The van der Waals surface area contributed by atoms with Gasteiger partial charge in [-0.25, -0.2) is 14.4 Å². The summed E-state index contributed by atoms with van der Waals surface area (Å²) < 4.78 is 13.5. The number of amides is 1. The van der Waals surface area contributed by atoms with E-state index < -0.39 is 0 Å². The van der Waals surface area contributed by atoms with Gasteiger partial charge in [0.15, 0.2) is 0 Å². The molecule has 6 heteroatoms. The summed E-state index contributed by atoms with van der Waals surface area (Å²) in [6.45, 7) is 4.43. The maximum absolute atomic E-state index is 13.5. The Kier molecular flexibility index (Phi) is 5.59. The summed E-state index contributed by atoms with van der Waals surface area (Å²) in [6, 6.07) is 8.03. The maximum Gasteiger partial charge on any atom is 0.270 e. The van der Waals surface area contributed by atoms with Gasteiger partial charge in [-0.15, -0.1) is 6.58 Å². The topological polar surface area (TPSA) is 66.9 Å². The van der Waals surface area contributed by atoms with E-state index in [1.54, 1.807) is 24.3 Å². The number of hydrogen-bond donors (Lipinski definition) is 2. The molecule has 0 aliphatic heterocycles. The second-order valence-corrected chi connectivity index (χ2v) is 4.53. The van der Waals surface area contributed by atoms with Gasteiger partial charge in [0, 0.05) is 19.3 Å². The standard InChI is InChI=1S/C16H17FN4O/c1-2-9-19-16-20-11-8-14(21-16)15(22)18-10-7-12-5-3-4-6-13(12)17/h2-6,8,11H,1,7,9-10H2,(H,18,22)(H,19,20,21). The Morgan fingerprint density at radius 2 is 2.14 bits per heavy atom. The van der Waals surface area contributed by atoms with E-state index >= 15 is 0 Å². The molecule has 0 aliphatic rings. The van der Waals surface area contributed by atoms with Gasteiger partial charge >= 0.3 is 0 Å². The highest BCUT2D eigenvalue weighted by Gasteiger charge is 2.08. The van der Waals surface area contributed by atoms with Crippen LogP contribution in [0.1, 0.15) is 16.1 Å². The van der Waals surface area contributed by atoms with Crippen LogP contribution in [0.15, 0.2) is 49.2 Å². The molecule has 0 aliphatic carbocycles. The highest BCUT2D eigenvalue weighted by atomic mass is 19.1. The van der Waals surface area contributed by atoms with Crippen molar-refractivity contribution in [1.82, 2.24) is 15.3 Å². The van der Waals surface area contributed by atoms with Crippen molar-refractivity contribution in [1.29, 1.82) is 0 Å². The van der Waals surface area contributed by atoms with Gasteiger partial charge in [-0.1, -0.05) is 24.3 Å². The van der Waals surface area contributed by atoms with Gasteiger partial charge in [0.2, 0.25) is 5.95 Å². The summed E-state index contributed by atoms with van der Waals surface area (Å²) in [5.74, 6) is -0.225. The lowest BCUT2D eigenvalue weighted by molar-refractivity contribution is 0.0949. The van der Waals surface area contributed by atoms with E-state index in [1.807, 2.05) is 0 Å². The number of carbonyl (C=O) groups is 1. The Balaban J connectivity index is 1.89. The van der Waals surface area contributed by atoms with Gasteiger partial charge in [-0.3, -0.25) is 4.79 Å². The third kappa shape index (κ3) is 4.37. The number of hydrogen-bond acceptors (Lipinski definition) is 4. The predicted octanol–water partition coefficient (Wildman–Crippen LogP) is 2.19. The van der Waals surface area contributed by atoms with Crippen LogP contribution < -0.4 is 10.6 Å². The minimum atomic E-state index is -0.319. The first-order chi connectivity index (χ1) is 10.7. The van der Waals surface area contributed by atoms with E-state index in [0.717, 1.165) is 0 Å². The minimum Gasteiger partial charge on any atom is -0.351 e. The van der Waals surface area contributed by atoms with Crippen LogP contribution in [-0.4, -0.2) is 29.0 Å². The zero-order valence-corrected chi connectivity index (χ0v) is 12.1. The largest absolute Gasteiger partial charge is 0.351 e. The highest BCUT2D eigenvalue weighted by molar-refractivity contribution is 5.92. The van der Waals surface area contributed by atoms with E-state index in [9.17, 15) is 9.18 Å². The van der Waals surface area contributed by atoms with Crippen LogP contribution in [0.5, 0.6) is 0 Å². The molecule has 0 saturated heterocycles. The second-order valence-electron chi connectivity index (χ2n) is 4.53.